The average molecular weight is 462 g/mol. The van der Waals surface area contributed by atoms with Gasteiger partial charge >= 0.3 is 6.03 Å². The molecule has 2 atom stereocenters. The van der Waals surface area contributed by atoms with E-state index < -0.39 is 0 Å². The van der Waals surface area contributed by atoms with Gasteiger partial charge in [-0.15, -0.1) is 11.3 Å². The Morgan fingerprint density at radius 2 is 1.76 bits per heavy atom. The van der Waals surface area contributed by atoms with Crippen LogP contribution in [0.15, 0.2) is 66.0 Å². The third kappa shape index (κ3) is 5.14. The van der Waals surface area contributed by atoms with Crippen LogP contribution in [0.25, 0.3) is 0 Å². The summed E-state index contributed by atoms with van der Waals surface area (Å²) >= 11 is 1.61. The zero-order valence-corrected chi connectivity index (χ0v) is 19.5. The Kier molecular flexibility index (Phi) is 6.89. The van der Waals surface area contributed by atoms with Crippen LogP contribution in [0, 0.1) is 0 Å². The predicted octanol–water partition coefficient (Wildman–Crippen LogP) is 4.83. The van der Waals surface area contributed by atoms with Crippen molar-refractivity contribution in [2.75, 3.05) is 6.54 Å². The fourth-order valence-electron chi connectivity index (χ4n) is 3.80. The smallest absolute Gasteiger partial charge is 0.324 e. The average Bonchev–Trinajstić information content (AvgIpc) is 3.48. The number of hydrogen-bond acceptors (Lipinski definition) is 4. The number of carbonyl (C=O) groups is 3. The molecule has 1 aliphatic heterocycles. The summed E-state index contributed by atoms with van der Waals surface area (Å²) in [5.74, 6) is 0.0650. The van der Waals surface area contributed by atoms with E-state index in [2.05, 4.69) is 48.7 Å². The number of carbonyl (C=O) groups excluding carboxylic acids is 3. The molecule has 2 N–H and O–H groups in total. The number of nitrogens with one attached hydrogen (secondary N) is 2. The summed E-state index contributed by atoms with van der Waals surface area (Å²) in [5, 5.41) is 7.68. The molecule has 6 nitrogen and oxygen atoms in total. The Hall–Kier alpha value is -3.45. The lowest BCUT2D eigenvalue weighted by Gasteiger charge is -2.19. The van der Waals surface area contributed by atoms with Gasteiger partial charge in [-0.05, 0) is 52.6 Å². The highest BCUT2D eigenvalue weighted by molar-refractivity contribution is 7.10. The van der Waals surface area contributed by atoms with Gasteiger partial charge in [0.2, 0.25) is 5.91 Å². The Balaban J connectivity index is 1.49. The molecule has 1 aromatic heterocycles. The quantitative estimate of drug-likeness (QED) is 0.472. The Labute approximate surface area is 197 Å². The summed E-state index contributed by atoms with van der Waals surface area (Å²) < 4.78 is 0. The van der Waals surface area contributed by atoms with E-state index in [9.17, 15) is 14.4 Å². The van der Waals surface area contributed by atoms with Crippen molar-refractivity contribution in [3.05, 3.63) is 93.2 Å². The first kappa shape index (κ1) is 22.7. The van der Waals surface area contributed by atoms with Crippen molar-refractivity contribution in [2.45, 2.75) is 38.8 Å². The molecule has 3 aromatic rings. The maximum absolute atomic E-state index is 13.1. The number of benzene rings is 2. The second-order valence-electron chi connectivity index (χ2n) is 8.23. The van der Waals surface area contributed by atoms with E-state index in [0.717, 1.165) is 22.4 Å². The van der Waals surface area contributed by atoms with Crippen molar-refractivity contribution in [1.29, 1.82) is 0 Å². The van der Waals surface area contributed by atoms with E-state index in [1.54, 1.807) is 35.6 Å². The van der Waals surface area contributed by atoms with Gasteiger partial charge in [0.25, 0.3) is 5.91 Å². The van der Waals surface area contributed by atoms with Gasteiger partial charge in [0, 0.05) is 10.4 Å². The highest BCUT2D eigenvalue weighted by Crippen LogP contribution is 2.28. The lowest BCUT2D eigenvalue weighted by molar-refractivity contribution is -0.125. The molecule has 0 spiro atoms. The molecule has 0 aliphatic carbocycles. The van der Waals surface area contributed by atoms with Gasteiger partial charge in [0.15, 0.2) is 0 Å². The van der Waals surface area contributed by atoms with Gasteiger partial charge in [0.1, 0.15) is 0 Å². The second kappa shape index (κ2) is 10.0. The minimum Gasteiger partial charge on any atom is -0.340 e. The molecule has 2 aromatic carbocycles. The zero-order chi connectivity index (χ0) is 23.4. The summed E-state index contributed by atoms with van der Waals surface area (Å²) in [6.45, 7) is 4.61. The topological polar surface area (TPSA) is 78.5 Å². The highest BCUT2D eigenvalue weighted by atomic mass is 32.1. The molecule has 1 saturated heterocycles. The van der Waals surface area contributed by atoms with Crippen LogP contribution >= 0.6 is 11.3 Å². The molecule has 170 valence electrons. The van der Waals surface area contributed by atoms with E-state index in [1.807, 2.05) is 17.5 Å². The van der Waals surface area contributed by atoms with Crippen LogP contribution in [-0.4, -0.2) is 29.3 Å². The van der Waals surface area contributed by atoms with Crippen LogP contribution in [-0.2, 0) is 11.3 Å². The molecule has 2 unspecified atom stereocenters. The number of amides is 4. The van der Waals surface area contributed by atoms with Gasteiger partial charge in [0.05, 0.1) is 19.1 Å². The largest absolute Gasteiger partial charge is 0.340 e. The van der Waals surface area contributed by atoms with Crippen LogP contribution in [0.5, 0.6) is 0 Å². The monoisotopic (exact) mass is 461 g/mol. The van der Waals surface area contributed by atoms with E-state index in [-0.39, 0.29) is 37.0 Å². The zero-order valence-electron chi connectivity index (χ0n) is 18.7. The Morgan fingerprint density at radius 3 is 2.33 bits per heavy atom. The lowest BCUT2D eigenvalue weighted by atomic mass is 9.95. The molecule has 0 bridgehead atoms. The van der Waals surface area contributed by atoms with Crippen molar-refractivity contribution in [3.63, 3.8) is 0 Å². The first-order valence-corrected chi connectivity index (χ1v) is 12.0. The van der Waals surface area contributed by atoms with Gasteiger partial charge < -0.3 is 10.6 Å². The minimum absolute atomic E-state index is 0.0295. The number of thiophene rings is 1. The molecule has 1 fully saturated rings. The summed E-state index contributed by atoms with van der Waals surface area (Å²) in [5.41, 5.74) is 3.63. The molecule has 4 amide bonds. The molecule has 1 aliphatic rings. The SMILES string of the molecule is CCC(C)c1ccc(C(NC(=O)c2ccc(CN3C(=O)CNC3=O)cc2)c2cccs2)cc1. The maximum Gasteiger partial charge on any atom is 0.324 e. The van der Waals surface area contributed by atoms with Crippen molar-refractivity contribution < 1.29 is 14.4 Å². The van der Waals surface area contributed by atoms with Crippen LogP contribution in [0.3, 0.4) is 0 Å². The van der Waals surface area contributed by atoms with Crippen molar-refractivity contribution >= 4 is 29.2 Å². The highest BCUT2D eigenvalue weighted by Gasteiger charge is 2.28. The van der Waals surface area contributed by atoms with E-state index in [1.165, 1.54) is 10.5 Å². The fraction of sp³-hybridized carbons (Fsp3) is 0.269. The van der Waals surface area contributed by atoms with Crippen LogP contribution < -0.4 is 10.6 Å². The predicted molar refractivity (Wildman–Crippen MR) is 129 cm³/mol. The first-order valence-electron chi connectivity index (χ1n) is 11.1. The van der Waals surface area contributed by atoms with Crippen LogP contribution in [0.1, 0.15) is 64.2 Å². The van der Waals surface area contributed by atoms with Crippen molar-refractivity contribution in [1.82, 2.24) is 15.5 Å². The molecule has 2 heterocycles. The molecule has 0 radical (unpaired) electrons. The van der Waals surface area contributed by atoms with Crippen LogP contribution in [0.2, 0.25) is 0 Å². The Bertz CT molecular complexity index is 1110. The normalized spacial score (nSPS) is 15.3. The fourth-order valence-corrected chi connectivity index (χ4v) is 4.60. The molecule has 33 heavy (non-hydrogen) atoms. The van der Waals surface area contributed by atoms with E-state index in [0.29, 0.717) is 11.5 Å². The summed E-state index contributed by atoms with van der Waals surface area (Å²) in [7, 11) is 0. The van der Waals surface area contributed by atoms with E-state index in [4.69, 9.17) is 0 Å². The number of hydrogen-bond donors (Lipinski definition) is 2. The van der Waals surface area contributed by atoms with Gasteiger partial charge in [-0.3, -0.25) is 14.5 Å². The number of nitrogens with zero attached hydrogens (tertiary/aromatic N) is 1. The minimum atomic E-state index is -0.389. The molecule has 0 saturated carbocycles. The molecule has 7 heteroatoms. The summed E-state index contributed by atoms with van der Waals surface area (Å²) in [6, 6.07) is 18.8. The number of imide groups is 1. The third-order valence-electron chi connectivity index (χ3n) is 6.05. The standard InChI is InChI=1S/C26H27N3O3S/c1-3-17(2)19-10-12-20(13-11-19)24(22-5-4-14-33-22)28-25(31)21-8-6-18(7-9-21)16-29-23(30)15-27-26(29)32/h4-14,17,24H,3,15-16H2,1-2H3,(H,27,32)(H,28,31). The van der Waals surface area contributed by atoms with E-state index >= 15 is 0 Å². The summed E-state index contributed by atoms with van der Waals surface area (Å²) in [6.07, 6.45) is 1.08. The molecular formula is C26H27N3O3S. The van der Waals surface area contributed by atoms with Gasteiger partial charge in [-0.25, -0.2) is 4.79 Å². The van der Waals surface area contributed by atoms with Crippen molar-refractivity contribution in [3.8, 4) is 0 Å². The third-order valence-corrected chi connectivity index (χ3v) is 6.99. The molecular weight excluding hydrogens is 434 g/mol. The maximum atomic E-state index is 13.1. The van der Waals surface area contributed by atoms with Crippen molar-refractivity contribution in [2.24, 2.45) is 0 Å². The van der Waals surface area contributed by atoms with Gasteiger partial charge in [-0.1, -0.05) is 56.3 Å². The Morgan fingerprint density at radius 1 is 1.06 bits per heavy atom. The second-order valence-corrected chi connectivity index (χ2v) is 9.21. The van der Waals surface area contributed by atoms with Crippen LogP contribution in [0.4, 0.5) is 4.79 Å². The summed E-state index contributed by atoms with van der Waals surface area (Å²) in [4.78, 5) is 38.8. The number of rotatable bonds is 8. The molecule has 4 rings (SSSR count). The number of urea groups is 1. The lowest BCUT2D eigenvalue weighted by Crippen LogP contribution is -2.30. The first-order chi connectivity index (χ1) is 16.0. The van der Waals surface area contributed by atoms with Gasteiger partial charge in [-0.2, -0.15) is 0 Å².